The van der Waals surface area contributed by atoms with E-state index in [9.17, 15) is 0 Å². The van der Waals surface area contributed by atoms with E-state index in [0.717, 1.165) is 16.3 Å². The molecule has 1 saturated heterocycles. The van der Waals surface area contributed by atoms with Crippen LogP contribution in [-0.4, -0.2) is 14.8 Å². The van der Waals surface area contributed by atoms with Crippen LogP contribution in [0.15, 0.2) is 66.1 Å². The molecule has 1 aromatic heterocycles. The molecule has 0 unspecified atom stereocenters. The number of benzene rings is 2. The van der Waals surface area contributed by atoms with Crippen molar-refractivity contribution in [3.63, 3.8) is 0 Å². The summed E-state index contributed by atoms with van der Waals surface area (Å²) in [5.41, 5.74) is 1.59. The average Bonchev–Trinajstić information content (AvgIpc) is 3.16. The summed E-state index contributed by atoms with van der Waals surface area (Å²) in [5, 5.41) is 5.76. The zero-order valence-corrected chi connectivity index (χ0v) is 15.0. The van der Waals surface area contributed by atoms with Crippen molar-refractivity contribution >= 4 is 34.1 Å². The van der Waals surface area contributed by atoms with Crippen LogP contribution in [0.1, 0.15) is 17.2 Å². The van der Waals surface area contributed by atoms with E-state index >= 15 is 0 Å². The van der Waals surface area contributed by atoms with Gasteiger partial charge in [0.25, 0.3) is 0 Å². The van der Waals surface area contributed by atoms with Gasteiger partial charge in [-0.3, -0.25) is 0 Å². The van der Waals surface area contributed by atoms with Crippen molar-refractivity contribution in [3.8, 4) is 0 Å². The van der Waals surface area contributed by atoms with E-state index in [1.807, 2.05) is 47.1 Å². The van der Waals surface area contributed by atoms with Crippen molar-refractivity contribution in [3.05, 3.63) is 77.1 Å². The third-order valence-electron chi connectivity index (χ3n) is 4.19. The molecule has 0 aliphatic carbocycles. The molecule has 1 aliphatic rings. The molecular formula is C17H14ClN3OS2. The first-order valence-electron chi connectivity index (χ1n) is 7.41. The van der Waals surface area contributed by atoms with Gasteiger partial charge in [0, 0.05) is 10.6 Å². The Kier molecular flexibility index (Phi) is 4.30. The number of ether oxygens (including phenoxy) is 1. The summed E-state index contributed by atoms with van der Waals surface area (Å²) < 4.78 is 8.04. The van der Waals surface area contributed by atoms with E-state index in [2.05, 4.69) is 33.9 Å². The van der Waals surface area contributed by atoms with E-state index in [4.69, 9.17) is 16.3 Å². The molecule has 0 bridgehead atoms. The SMILES string of the molecule is SSc1ncnn1C[C@]1(c2ccccc2)O[C@@H]1c1ccccc1Cl. The van der Waals surface area contributed by atoms with Gasteiger partial charge in [-0.05, 0) is 22.4 Å². The van der Waals surface area contributed by atoms with Gasteiger partial charge in [-0.1, -0.05) is 60.1 Å². The first-order valence-corrected chi connectivity index (χ1v) is 9.66. The minimum Gasteiger partial charge on any atom is -0.354 e. The molecule has 0 radical (unpaired) electrons. The third kappa shape index (κ3) is 2.73. The summed E-state index contributed by atoms with van der Waals surface area (Å²) in [6, 6.07) is 18.0. The lowest BCUT2D eigenvalue weighted by Crippen LogP contribution is -2.20. The van der Waals surface area contributed by atoms with Gasteiger partial charge in [-0.25, -0.2) is 9.67 Å². The molecule has 0 amide bonds. The molecule has 1 aliphatic heterocycles. The van der Waals surface area contributed by atoms with Crippen LogP contribution in [0.25, 0.3) is 0 Å². The molecule has 0 N–H and O–H groups in total. The number of hydrogen-bond donors (Lipinski definition) is 1. The van der Waals surface area contributed by atoms with Crippen LogP contribution in [0.4, 0.5) is 0 Å². The maximum atomic E-state index is 6.38. The van der Waals surface area contributed by atoms with E-state index in [1.54, 1.807) is 0 Å². The Bertz CT molecular complexity index is 858. The number of aromatic nitrogens is 3. The molecule has 3 aromatic rings. The molecule has 0 spiro atoms. The molecule has 2 heterocycles. The Balaban J connectivity index is 1.75. The van der Waals surface area contributed by atoms with Gasteiger partial charge in [-0.2, -0.15) is 5.10 Å². The second-order valence-corrected chi connectivity index (χ2v) is 7.07. The van der Waals surface area contributed by atoms with Crippen molar-refractivity contribution in [2.45, 2.75) is 23.4 Å². The van der Waals surface area contributed by atoms with Crippen LogP contribution in [0.3, 0.4) is 0 Å². The topological polar surface area (TPSA) is 43.2 Å². The lowest BCUT2D eigenvalue weighted by molar-refractivity contribution is 0.256. The molecule has 0 saturated carbocycles. The van der Waals surface area contributed by atoms with Crippen LogP contribution < -0.4 is 0 Å². The van der Waals surface area contributed by atoms with Gasteiger partial charge in [-0.15, -0.1) is 11.7 Å². The van der Waals surface area contributed by atoms with Crippen LogP contribution in [0, 0.1) is 0 Å². The van der Waals surface area contributed by atoms with Gasteiger partial charge >= 0.3 is 0 Å². The molecule has 7 heteroatoms. The number of thiol groups is 1. The molecule has 2 aromatic carbocycles. The fourth-order valence-corrected chi connectivity index (χ4v) is 3.94. The highest BCUT2D eigenvalue weighted by molar-refractivity contribution is 8.68. The van der Waals surface area contributed by atoms with Gasteiger partial charge in [0.2, 0.25) is 0 Å². The molecule has 4 rings (SSSR count). The summed E-state index contributed by atoms with van der Waals surface area (Å²) in [6.45, 7) is 0.551. The largest absolute Gasteiger partial charge is 0.354 e. The highest BCUT2D eigenvalue weighted by atomic mass is 35.5. The highest BCUT2D eigenvalue weighted by Gasteiger charge is 2.59. The second-order valence-electron chi connectivity index (χ2n) is 5.57. The Morgan fingerprint density at radius 3 is 2.67 bits per heavy atom. The fourth-order valence-electron chi connectivity index (χ4n) is 2.99. The number of halogens is 1. The first-order chi connectivity index (χ1) is 11.7. The second kappa shape index (κ2) is 6.44. The fraction of sp³-hybridized carbons (Fsp3) is 0.176. The maximum absolute atomic E-state index is 6.38. The zero-order valence-electron chi connectivity index (χ0n) is 12.5. The monoisotopic (exact) mass is 375 g/mol. The number of hydrogen-bond acceptors (Lipinski definition) is 5. The molecule has 4 nitrogen and oxygen atoms in total. The minimum absolute atomic E-state index is 0.115. The summed E-state index contributed by atoms with van der Waals surface area (Å²) in [7, 11) is 1.27. The molecule has 2 atom stereocenters. The predicted octanol–water partition coefficient (Wildman–Crippen LogP) is 4.54. The van der Waals surface area contributed by atoms with Crippen LogP contribution >= 0.6 is 34.1 Å². The summed E-state index contributed by atoms with van der Waals surface area (Å²) >= 11 is 10.6. The Labute approximate surface area is 154 Å². The standard InChI is InChI=1S/C17H14ClN3OS2/c18-14-9-5-4-8-13(14)15-17(22-15,12-6-2-1-3-7-12)10-21-16(24-23)19-11-20-21/h1-9,11,15,23H,10H2/t15-,17-/m1/s1. The van der Waals surface area contributed by atoms with Gasteiger partial charge in [0.1, 0.15) is 18.0 Å². The van der Waals surface area contributed by atoms with E-state index < -0.39 is 5.60 Å². The first kappa shape index (κ1) is 16.0. The number of epoxide rings is 1. The smallest absolute Gasteiger partial charge is 0.196 e. The Hall–Kier alpha value is -1.47. The van der Waals surface area contributed by atoms with Crippen LogP contribution in [0.5, 0.6) is 0 Å². The summed E-state index contributed by atoms with van der Waals surface area (Å²) in [4.78, 5) is 4.21. The average molecular weight is 376 g/mol. The Morgan fingerprint density at radius 1 is 1.17 bits per heavy atom. The lowest BCUT2D eigenvalue weighted by atomic mass is 9.91. The van der Waals surface area contributed by atoms with E-state index in [0.29, 0.717) is 11.6 Å². The summed E-state index contributed by atoms with van der Waals surface area (Å²) in [5.74, 6) is 0. The molecule has 122 valence electrons. The predicted molar refractivity (Wildman–Crippen MR) is 98.3 cm³/mol. The molecule has 24 heavy (non-hydrogen) atoms. The van der Waals surface area contributed by atoms with Crippen molar-refractivity contribution in [1.82, 2.24) is 14.8 Å². The highest BCUT2D eigenvalue weighted by Crippen LogP contribution is 2.59. The van der Waals surface area contributed by atoms with E-state index in [-0.39, 0.29) is 6.10 Å². The normalized spacial score (nSPS) is 22.5. The third-order valence-corrected chi connectivity index (χ3v) is 5.50. The number of nitrogens with zero attached hydrogens (tertiary/aromatic N) is 3. The maximum Gasteiger partial charge on any atom is 0.196 e. The van der Waals surface area contributed by atoms with Crippen molar-refractivity contribution in [2.75, 3.05) is 0 Å². The zero-order chi connectivity index (χ0) is 16.6. The van der Waals surface area contributed by atoms with Gasteiger partial charge in [0.05, 0.1) is 6.54 Å². The molecule has 1 fully saturated rings. The number of rotatable bonds is 5. The van der Waals surface area contributed by atoms with Crippen molar-refractivity contribution in [1.29, 1.82) is 0 Å². The quantitative estimate of drug-likeness (QED) is 0.404. The molecular weight excluding hydrogens is 362 g/mol. The van der Waals surface area contributed by atoms with E-state index in [1.165, 1.54) is 17.1 Å². The summed E-state index contributed by atoms with van der Waals surface area (Å²) in [6.07, 6.45) is 1.42. The van der Waals surface area contributed by atoms with Gasteiger partial charge < -0.3 is 4.74 Å². The van der Waals surface area contributed by atoms with Gasteiger partial charge in [0.15, 0.2) is 5.16 Å². The Morgan fingerprint density at radius 2 is 1.92 bits per heavy atom. The van der Waals surface area contributed by atoms with Crippen molar-refractivity contribution < 1.29 is 4.74 Å². The van der Waals surface area contributed by atoms with Crippen LogP contribution in [0.2, 0.25) is 5.02 Å². The minimum atomic E-state index is -0.502. The van der Waals surface area contributed by atoms with Crippen molar-refractivity contribution in [2.24, 2.45) is 0 Å². The lowest BCUT2D eigenvalue weighted by Gasteiger charge is -2.15. The van der Waals surface area contributed by atoms with Crippen LogP contribution in [-0.2, 0) is 16.9 Å².